The van der Waals surface area contributed by atoms with Gasteiger partial charge < -0.3 is 22.1 Å². The van der Waals surface area contributed by atoms with Crippen LogP contribution in [0.1, 0.15) is 11.1 Å². The van der Waals surface area contributed by atoms with Gasteiger partial charge >= 0.3 is 0 Å². The van der Waals surface area contributed by atoms with Crippen LogP contribution < -0.4 is 22.1 Å². The molecule has 3 rings (SSSR count). The van der Waals surface area contributed by atoms with Crippen molar-refractivity contribution in [2.45, 2.75) is 13.1 Å². The molecule has 0 amide bonds. The molecule has 0 atom stereocenters. The van der Waals surface area contributed by atoms with E-state index in [4.69, 9.17) is 17.2 Å². The summed E-state index contributed by atoms with van der Waals surface area (Å²) in [5.74, 6) is 0. The van der Waals surface area contributed by atoms with Crippen molar-refractivity contribution < 1.29 is 0 Å². The molecule has 0 aliphatic carbocycles. The van der Waals surface area contributed by atoms with Gasteiger partial charge in [0, 0.05) is 35.8 Å². The lowest BCUT2D eigenvalue weighted by atomic mass is 10.1. The number of nitrogen functional groups attached to an aromatic ring is 3. The highest BCUT2D eigenvalue weighted by Crippen LogP contribution is 2.22. The van der Waals surface area contributed by atoms with Crippen molar-refractivity contribution in [3.8, 4) is 0 Å². The monoisotopic (exact) mass is 318 g/mol. The average molecular weight is 318 g/mol. The second-order valence-corrected chi connectivity index (χ2v) is 5.93. The Labute approximate surface area is 142 Å². The Kier molecular flexibility index (Phi) is 4.57. The predicted molar refractivity (Wildman–Crippen MR) is 102 cm³/mol. The average Bonchev–Trinajstić information content (AvgIpc) is 2.59. The fourth-order valence-corrected chi connectivity index (χ4v) is 2.61. The molecular weight excluding hydrogens is 296 g/mol. The second kappa shape index (κ2) is 6.96. The van der Waals surface area contributed by atoms with Crippen molar-refractivity contribution in [2.24, 2.45) is 0 Å². The van der Waals surface area contributed by atoms with Gasteiger partial charge in [-0.3, -0.25) is 0 Å². The summed E-state index contributed by atoms with van der Waals surface area (Å²) in [7, 11) is 0. The van der Waals surface area contributed by atoms with E-state index < -0.39 is 0 Å². The maximum atomic E-state index is 5.82. The Bertz CT molecular complexity index is 730. The smallest absolute Gasteiger partial charge is 0.0433 e. The molecule has 0 heterocycles. The van der Waals surface area contributed by atoms with Gasteiger partial charge in [0.25, 0.3) is 0 Å². The minimum Gasteiger partial charge on any atom is -0.399 e. The van der Waals surface area contributed by atoms with Crippen molar-refractivity contribution in [2.75, 3.05) is 22.1 Å². The number of rotatable bonds is 5. The molecule has 0 saturated carbocycles. The molecule has 6 N–H and O–H groups in total. The molecule has 4 nitrogen and oxygen atoms in total. The molecule has 0 aliphatic heterocycles. The molecule has 3 aromatic rings. The van der Waals surface area contributed by atoms with Crippen molar-refractivity contribution in [3.63, 3.8) is 0 Å². The lowest BCUT2D eigenvalue weighted by molar-refractivity contribution is 0.800. The minimum atomic E-state index is 0.763. The number of nitrogens with two attached hydrogens (primary N) is 3. The Morgan fingerprint density at radius 1 is 0.500 bits per heavy atom. The second-order valence-electron chi connectivity index (χ2n) is 5.93. The highest BCUT2D eigenvalue weighted by Gasteiger charge is 2.09. The lowest BCUT2D eigenvalue weighted by Gasteiger charge is -2.25. The molecule has 3 aromatic carbocycles. The van der Waals surface area contributed by atoms with E-state index in [9.17, 15) is 0 Å². The van der Waals surface area contributed by atoms with Crippen molar-refractivity contribution >= 4 is 22.7 Å². The van der Waals surface area contributed by atoms with Gasteiger partial charge in [-0.15, -0.1) is 0 Å². The predicted octanol–water partition coefficient (Wildman–Crippen LogP) is 3.64. The molecule has 0 aromatic heterocycles. The maximum Gasteiger partial charge on any atom is 0.0433 e. The quantitative estimate of drug-likeness (QED) is 0.627. The van der Waals surface area contributed by atoms with Crippen LogP contribution in [0.3, 0.4) is 0 Å². The van der Waals surface area contributed by atoms with E-state index in [1.165, 1.54) is 11.1 Å². The van der Waals surface area contributed by atoms with Gasteiger partial charge in [0.1, 0.15) is 0 Å². The van der Waals surface area contributed by atoms with Gasteiger partial charge in [-0.2, -0.15) is 0 Å². The highest BCUT2D eigenvalue weighted by molar-refractivity contribution is 5.54. The zero-order chi connectivity index (χ0) is 16.9. The molecule has 122 valence electrons. The van der Waals surface area contributed by atoms with Crippen molar-refractivity contribution in [1.82, 2.24) is 0 Å². The van der Waals surface area contributed by atoms with Crippen LogP contribution in [0.5, 0.6) is 0 Å². The van der Waals surface area contributed by atoms with E-state index in [-0.39, 0.29) is 0 Å². The molecule has 0 unspecified atom stereocenters. The number of hydrogen-bond donors (Lipinski definition) is 3. The summed E-state index contributed by atoms with van der Waals surface area (Å²) < 4.78 is 0. The molecule has 0 aliphatic rings. The third kappa shape index (κ3) is 3.98. The Hall–Kier alpha value is -3.14. The number of benzene rings is 3. The molecule has 4 heteroatoms. The van der Waals surface area contributed by atoms with Crippen LogP contribution in [-0.2, 0) is 13.1 Å². The third-order valence-corrected chi connectivity index (χ3v) is 3.96. The minimum absolute atomic E-state index is 0.763. The normalized spacial score (nSPS) is 10.5. The molecule has 24 heavy (non-hydrogen) atoms. The first-order chi connectivity index (χ1) is 11.6. The van der Waals surface area contributed by atoms with Crippen LogP contribution in [-0.4, -0.2) is 0 Å². The van der Waals surface area contributed by atoms with E-state index in [2.05, 4.69) is 29.2 Å². The van der Waals surface area contributed by atoms with E-state index >= 15 is 0 Å². The van der Waals surface area contributed by atoms with Gasteiger partial charge in [0.2, 0.25) is 0 Å². The summed E-state index contributed by atoms with van der Waals surface area (Å²) in [5, 5.41) is 0. The van der Waals surface area contributed by atoms with Crippen LogP contribution in [0.25, 0.3) is 0 Å². The fraction of sp³-hybridized carbons (Fsp3) is 0.100. The van der Waals surface area contributed by atoms with E-state index in [0.717, 1.165) is 35.8 Å². The summed E-state index contributed by atoms with van der Waals surface area (Å²) in [6, 6.07) is 23.9. The van der Waals surface area contributed by atoms with E-state index in [1.807, 2.05) is 48.5 Å². The largest absolute Gasteiger partial charge is 0.399 e. The van der Waals surface area contributed by atoms with E-state index in [1.54, 1.807) is 0 Å². The van der Waals surface area contributed by atoms with Crippen LogP contribution >= 0.6 is 0 Å². The highest BCUT2D eigenvalue weighted by atomic mass is 15.1. The Morgan fingerprint density at radius 2 is 0.833 bits per heavy atom. The van der Waals surface area contributed by atoms with Gasteiger partial charge in [0.15, 0.2) is 0 Å². The van der Waals surface area contributed by atoms with Crippen LogP contribution in [0, 0.1) is 0 Å². The van der Waals surface area contributed by atoms with Crippen molar-refractivity contribution in [1.29, 1.82) is 0 Å². The van der Waals surface area contributed by atoms with Gasteiger partial charge in [-0.1, -0.05) is 24.3 Å². The molecular formula is C20H22N4. The van der Waals surface area contributed by atoms with Gasteiger partial charge in [0.05, 0.1) is 0 Å². The first-order valence-corrected chi connectivity index (χ1v) is 7.89. The standard InChI is InChI=1S/C20H22N4/c21-17-5-1-15(2-6-17)13-24(20-11-9-19(23)10-12-20)14-16-3-7-18(22)8-4-16/h1-12H,13-14,21-23H2. The van der Waals surface area contributed by atoms with Crippen LogP contribution in [0.15, 0.2) is 72.8 Å². The van der Waals surface area contributed by atoms with Gasteiger partial charge in [-0.25, -0.2) is 0 Å². The molecule has 0 saturated heterocycles. The summed E-state index contributed by atoms with van der Waals surface area (Å²) in [6.45, 7) is 1.57. The van der Waals surface area contributed by atoms with Crippen molar-refractivity contribution in [3.05, 3.63) is 83.9 Å². The summed E-state index contributed by atoms with van der Waals surface area (Å²) >= 11 is 0. The maximum absolute atomic E-state index is 5.82. The van der Waals surface area contributed by atoms with E-state index in [0.29, 0.717) is 0 Å². The van der Waals surface area contributed by atoms with Crippen LogP contribution in [0.2, 0.25) is 0 Å². The molecule has 0 bridgehead atoms. The number of hydrogen-bond acceptors (Lipinski definition) is 4. The van der Waals surface area contributed by atoms with Crippen LogP contribution in [0.4, 0.5) is 22.7 Å². The molecule has 0 radical (unpaired) electrons. The first kappa shape index (κ1) is 15.7. The zero-order valence-corrected chi connectivity index (χ0v) is 13.5. The number of anilines is 4. The molecule has 0 spiro atoms. The zero-order valence-electron chi connectivity index (χ0n) is 13.5. The Balaban J connectivity index is 1.86. The Morgan fingerprint density at radius 3 is 1.21 bits per heavy atom. The third-order valence-electron chi connectivity index (χ3n) is 3.96. The summed E-state index contributed by atoms with van der Waals surface area (Å²) in [6.07, 6.45) is 0. The SMILES string of the molecule is Nc1ccc(CN(Cc2ccc(N)cc2)c2ccc(N)cc2)cc1. The van der Waals surface area contributed by atoms with Gasteiger partial charge in [-0.05, 0) is 59.7 Å². The topological polar surface area (TPSA) is 81.3 Å². The fourth-order valence-electron chi connectivity index (χ4n) is 2.61. The number of nitrogens with zero attached hydrogens (tertiary/aromatic N) is 1. The lowest BCUT2D eigenvalue weighted by Crippen LogP contribution is -2.22. The summed E-state index contributed by atoms with van der Waals surface area (Å²) in [5.41, 5.74) is 23.2. The molecule has 0 fully saturated rings. The summed E-state index contributed by atoms with van der Waals surface area (Å²) in [4.78, 5) is 2.30. The first-order valence-electron chi connectivity index (χ1n) is 7.89.